The van der Waals surface area contributed by atoms with Crippen LogP contribution in [0.1, 0.15) is 246 Å². The van der Waals surface area contributed by atoms with Crippen molar-refractivity contribution >= 4 is 11.9 Å². The zero-order valence-corrected chi connectivity index (χ0v) is 34.3. The fourth-order valence-corrected chi connectivity index (χ4v) is 7.06. The minimum Gasteiger partial charge on any atom is -0.465 e. The fourth-order valence-electron chi connectivity index (χ4n) is 7.06. The third-order valence-corrected chi connectivity index (χ3v) is 10.8. The van der Waals surface area contributed by atoms with Crippen molar-refractivity contribution in [2.75, 3.05) is 13.2 Å². The van der Waals surface area contributed by atoms with E-state index in [9.17, 15) is 14.7 Å². The Hall–Kier alpha value is -1.10. The highest BCUT2D eigenvalue weighted by Gasteiger charge is 2.13. The lowest BCUT2D eigenvalue weighted by molar-refractivity contribution is -0.146. The van der Waals surface area contributed by atoms with Gasteiger partial charge in [0.15, 0.2) is 0 Å². The van der Waals surface area contributed by atoms with Gasteiger partial charge in [0, 0.05) is 12.8 Å². The van der Waals surface area contributed by atoms with Gasteiger partial charge >= 0.3 is 11.9 Å². The molecule has 0 saturated heterocycles. The van der Waals surface area contributed by atoms with E-state index < -0.39 is 0 Å². The van der Waals surface area contributed by atoms with Crippen molar-refractivity contribution in [3.8, 4) is 0 Å². The van der Waals surface area contributed by atoms with E-state index in [1.54, 1.807) is 0 Å². The fraction of sp³-hybridized carbons (Fsp3) is 0.956. The first-order chi connectivity index (χ1) is 24.5. The molecule has 0 aliphatic carbocycles. The molecule has 0 aromatic carbocycles. The number of aliphatic hydroxyl groups excluding tert-OH is 1. The van der Waals surface area contributed by atoms with Crippen LogP contribution in [0, 0.1) is 11.8 Å². The number of unbranched alkanes of at least 4 members (excludes halogenated alkanes) is 21. The third-order valence-electron chi connectivity index (χ3n) is 10.8. The summed E-state index contributed by atoms with van der Waals surface area (Å²) in [4.78, 5) is 24.7. The number of ether oxygens (including phenoxy) is 2. The van der Waals surface area contributed by atoms with Crippen LogP contribution in [0.5, 0.6) is 0 Å². The highest BCUT2D eigenvalue weighted by Crippen LogP contribution is 2.21. The van der Waals surface area contributed by atoms with Crippen LogP contribution in [0.3, 0.4) is 0 Å². The summed E-state index contributed by atoms with van der Waals surface area (Å²) >= 11 is 0. The average molecular weight is 709 g/mol. The van der Waals surface area contributed by atoms with Gasteiger partial charge in [-0.25, -0.2) is 0 Å². The first kappa shape index (κ1) is 48.9. The van der Waals surface area contributed by atoms with E-state index >= 15 is 0 Å². The average Bonchev–Trinajstić information content (AvgIpc) is 3.12. The minimum atomic E-state index is -0.0953. The van der Waals surface area contributed by atoms with Crippen molar-refractivity contribution in [3.63, 3.8) is 0 Å². The molecule has 0 aromatic rings. The number of rotatable bonds is 40. The first-order valence-corrected chi connectivity index (χ1v) is 22.5. The molecule has 1 N–H and O–H groups in total. The number of esters is 2. The van der Waals surface area contributed by atoms with Gasteiger partial charge in [-0.15, -0.1) is 0 Å². The van der Waals surface area contributed by atoms with Crippen LogP contribution in [0.15, 0.2) is 0 Å². The molecule has 0 aliphatic heterocycles. The molecule has 3 atom stereocenters. The quantitative estimate of drug-likeness (QED) is 0.0507. The first-order valence-electron chi connectivity index (χ1n) is 22.5. The van der Waals surface area contributed by atoms with Gasteiger partial charge in [-0.2, -0.15) is 0 Å². The minimum absolute atomic E-state index is 0.00380. The summed E-state index contributed by atoms with van der Waals surface area (Å²) in [5.74, 6) is 0.988. The summed E-state index contributed by atoms with van der Waals surface area (Å²) in [5, 5.41) is 10.1. The Morgan fingerprint density at radius 3 is 1.14 bits per heavy atom. The highest BCUT2D eigenvalue weighted by atomic mass is 16.5. The molecule has 0 radical (unpaired) electrons. The van der Waals surface area contributed by atoms with Gasteiger partial charge in [0.1, 0.15) is 0 Å². The number of aliphatic hydroxyl groups is 1. The standard InChI is InChI=1S/C45H88O5/c1-5-9-12-14-21-26-33-42(34-27-22-19-20-25-31-37-44(47)49-39-41(8-4)32-11-7-3)40-50-45(48)38-30-24-18-16-15-17-23-29-36-43(46)35-28-13-10-6-2/h41-43,46H,5-40H2,1-4H3. The molecule has 0 bridgehead atoms. The van der Waals surface area contributed by atoms with Gasteiger partial charge in [0.2, 0.25) is 0 Å². The van der Waals surface area contributed by atoms with Crippen molar-refractivity contribution in [1.82, 2.24) is 0 Å². The van der Waals surface area contributed by atoms with E-state index in [-0.39, 0.29) is 18.0 Å². The van der Waals surface area contributed by atoms with E-state index in [0.717, 1.165) is 64.2 Å². The molecule has 3 unspecified atom stereocenters. The Morgan fingerprint density at radius 2 is 0.720 bits per heavy atom. The molecule has 0 fully saturated rings. The monoisotopic (exact) mass is 709 g/mol. The van der Waals surface area contributed by atoms with Gasteiger partial charge in [-0.3, -0.25) is 9.59 Å². The third kappa shape index (κ3) is 35.3. The maximum atomic E-state index is 12.5. The Morgan fingerprint density at radius 1 is 0.400 bits per heavy atom. The van der Waals surface area contributed by atoms with Gasteiger partial charge in [-0.1, -0.05) is 188 Å². The summed E-state index contributed by atoms with van der Waals surface area (Å²) in [7, 11) is 0. The van der Waals surface area contributed by atoms with Crippen molar-refractivity contribution < 1.29 is 24.2 Å². The lowest BCUT2D eigenvalue weighted by Gasteiger charge is -2.17. The highest BCUT2D eigenvalue weighted by molar-refractivity contribution is 5.69. The van der Waals surface area contributed by atoms with Gasteiger partial charge in [0.25, 0.3) is 0 Å². The second-order valence-corrected chi connectivity index (χ2v) is 15.7. The Balaban J connectivity index is 4.02. The molecule has 0 amide bonds. The molecular formula is C45H88O5. The van der Waals surface area contributed by atoms with Crippen molar-refractivity contribution in [2.24, 2.45) is 11.8 Å². The maximum Gasteiger partial charge on any atom is 0.305 e. The summed E-state index contributed by atoms with van der Waals surface area (Å²) in [5.41, 5.74) is 0. The van der Waals surface area contributed by atoms with E-state index in [4.69, 9.17) is 9.47 Å². The molecule has 50 heavy (non-hydrogen) atoms. The van der Waals surface area contributed by atoms with Crippen LogP contribution in [0.2, 0.25) is 0 Å². The van der Waals surface area contributed by atoms with Gasteiger partial charge in [-0.05, 0) is 56.8 Å². The molecule has 0 spiro atoms. The van der Waals surface area contributed by atoms with Crippen LogP contribution >= 0.6 is 0 Å². The topological polar surface area (TPSA) is 72.8 Å². The number of hydrogen-bond acceptors (Lipinski definition) is 5. The van der Waals surface area contributed by atoms with Crippen molar-refractivity contribution in [2.45, 2.75) is 252 Å². The van der Waals surface area contributed by atoms with E-state index in [2.05, 4.69) is 27.7 Å². The maximum absolute atomic E-state index is 12.5. The molecule has 0 saturated carbocycles. The second-order valence-electron chi connectivity index (χ2n) is 15.7. The van der Waals surface area contributed by atoms with Crippen LogP contribution in [0.25, 0.3) is 0 Å². The lowest BCUT2D eigenvalue weighted by atomic mass is 9.94. The van der Waals surface area contributed by atoms with Crippen molar-refractivity contribution in [1.29, 1.82) is 0 Å². The summed E-state index contributed by atoms with van der Waals surface area (Å²) in [6.07, 6.45) is 39.1. The second kappa shape index (κ2) is 39.1. The normalized spacial score (nSPS) is 13.3. The van der Waals surface area contributed by atoms with Gasteiger partial charge in [0.05, 0.1) is 19.3 Å². The lowest BCUT2D eigenvalue weighted by Crippen LogP contribution is -2.14. The molecule has 5 heteroatoms. The van der Waals surface area contributed by atoms with E-state index in [1.165, 1.54) is 141 Å². The van der Waals surface area contributed by atoms with Crippen LogP contribution in [-0.4, -0.2) is 36.4 Å². The summed E-state index contributed by atoms with van der Waals surface area (Å²) < 4.78 is 11.4. The molecule has 0 rings (SSSR count). The van der Waals surface area contributed by atoms with Crippen LogP contribution < -0.4 is 0 Å². The molecule has 0 aliphatic rings. The van der Waals surface area contributed by atoms with E-state index in [0.29, 0.717) is 37.9 Å². The van der Waals surface area contributed by atoms with Crippen LogP contribution in [-0.2, 0) is 19.1 Å². The zero-order valence-electron chi connectivity index (χ0n) is 34.3. The molecule has 0 heterocycles. The van der Waals surface area contributed by atoms with Crippen molar-refractivity contribution in [3.05, 3.63) is 0 Å². The Kier molecular flexibility index (Phi) is 38.3. The molecule has 298 valence electrons. The SMILES string of the molecule is CCCCCCCCC(CCCCCCCCC(=O)OCC(CC)CCCC)COC(=O)CCCCCCCCCCC(O)CCCCCC. The number of hydrogen-bond donors (Lipinski definition) is 1. The summed E-state index contributed by atoms with van der Waals surface area (Å²) in [6.45, 7) is 10.1. The smallest absolute Gasteiger partial charge is 0.305 e. The largest absolute Gasteiger partial charge is 0.465 e. The Labute approximate surface area is 312 Å². The Bertz CT molecular complexity index is 710. The molecular weight excluding hydrogens is 620 g/mol. The number of carbonyl (C=O) groups excluding carboxylic acids is 2. The van der Waals surface area contributed by atoms with Crippen LogP contribution in [0.4, 0.5) is 0 Å². The molecule has 0 aromatic heterocycles. The zero-order chi connectivity index (χ0) is 36.8. The predicted molar refractivity (Wildman–Crippen MR) is 215 cm³/mol. The summed E-state index contributed by atoms with van der Waals surface area (Å²) in [6, 6.07) is 0. The predicted octanol–water partition coefficient (Wildman–Crippen LogP) is 14.0. The van der Waals surface area contributed by atoms with Gasteiger partial charge < -0.3 is 14.6 Å². The number of carbonyl (C=O) groups is 2. The van der Waals surface area contributed by atoms with E-state index in [1.807, 2.05) is 0 Å². The molecule has 5 nitrogen and oxygen atoms in total.